The Morgan fingerprint density at radius 1 is 1.37 bits per heavy atom. The van der Waals surface area contributed by atoms with E-state index in [1.807, 2.05) is 0 Å². The van der Waals surface area contributed by atoms with Gasteiger partial charge in [-0.15, -0.1) is 0 Å². The molecule has 0 aromatic heterocycles. The average molecular weight is 266 g/mol. The lowest BCUT2D eigenvalue weighted by Crippen LogP contribution is -2.37. The highest BCUT2D eigenvalue weighted by atomic mass is 16.5. The van der Waals surface area contributed by atoms with E-state index in [1.165, 1.54) is 11.1 Å². The molecule has 1 rings (SSSR count). The number of nitrogens with two attached hydrogens (primary N) is 1. The van der Waals surface area contributed by atoms with E-state index in [1.54, 1.807) is 7.11 Å². The van der Waals surface area contributed by atoms with Gasteiger partial charge in [0.25, 0.3) is 0 Å². The maximum Gasteiger partial charge on any atom is 0.122 e. The third-order valence-electron chi connectivity index (χ3n) is 3.19. The summed E-state index contributed by atoms with van der Waals surface area (Å²) in [6.07, 6.45) is 0.889. The van der Waals surface area contributed by atoms with Gasteiger partial charge in [0.05, 0.1) is 13.7 Å². The van der Waals surface area contributed by atoms with Crippen molar-refractivity contribution in [1.82, 2.24) is 5.32 Å². The van der Waals surface area contributed by atoms with Crippen molar-refractivity contribution in [3.63, 3.8) is 0 Å². The number of rotatable bonds is 8. The van der Waals surface area contributed by atoms with E-state index in [0.717, 1.165) is 18.7 Å². The SMILES string of the molecule is COc1cc(C(C)C)ccc1CCNCC(N)CO. The van der Waals surface area contributed by atoms with Crippen molar-refractivity contribution in [2.75, 3.05) is 26.8 Å². The molecule has 0 aliphatic carbocycles. The van der Waals surface area contributed by atoms with Gasteiger partial charge in [0.2, 0.25) is 0 Å². The molecule has 4 N–H and O–H groups in total. The summed E-state index contributed by atoms with van der Waals surface area (Å²) in [6.45, 7) is 5.81. The molecule has 0 fully saturated rings. The number of benzene rings is 1. The highest BCUT2D eigenvalue weighted by Gasteiger charge is 2.07. The predicted molar refractivity (Wildman–Crippen MR) is 78.7 cm³/mol. The Balaban J connectivity index is 2.53. The number of aliphatic hydroxyl groups is 1. The topological polar surface area (TPSA) is 67.5 Å². The van der Waals surface area contributed by atoms with E-state index in [2.05, 4.69) is 37.4 Å². The van der Waals surface area contributed by atoms with E-state index in [9.17, 15) is 0 Å². The Labute approximate surface area is 116 Å². The fourth-order valence-electron chi connectivity index (χ4n) is 1.90. The summed E-state index contributed by atoms with van der Waals surface area (Å²) < 4.78 is 5.44. The Morgan fingerprint density at radius 3 is 2.68 bits per heavy atom. The minimum atomic E-state index is -0.190. The minimum Gasteiger partial charge on any atom is -0.496 e. The van der Waals surface area contributed by atoms with Gasteiger partial charge in [-0.05, 0) is 36.1 Å². The third-order valence-corrected chi connectivity index (χ3v) is 3.19. The predicted octanol–water partition coefficient (Wildman–Crippen LogP) is 1.27. The molecule has 0 aliphatic rings. The lowest BCUT2D eigenvalue weighted by molar-refractivity contribution is 0.262. The molecule has 1 atom stereocenters. The number of hydrogen-bond acceptors (Lipinski definition) is 4. The highest BCUT2D eigenvalue weighted by molar-refractivity contribution is 5.38. The first-order valence-corrected chi connectivity index (χ1v) is 6.82. The number of methoxy groups -OCH3 is 1. The van der Waals surface area contributed by atoms with Crippen LogP contribution in [0.4, 0.5) is 0 Å². The van der Waals surface area contributed by atoms with Crippen LogP contribution in [0.3, 0.4) is 0 Å². The Morgan fingerprint density at radius 2 is 2.11 bits per heavy atom. The summed E-state index contributed by atoms with van der Waals surface area (Å²) in [6, 6.07) is 6.20. The van der Waals surface area contributed by atoms with Gasteiger partial charge in [-0.25, -0.2) is 0 Å². The number of ether oxygens (including phenoxy) is 1. The van der Waals surface area contributed by atoms with Gasteiger partial charge >= 0.3 is 0 Å². The molecule has 0 radical (unpaired) electrons. The van der Waals surface area contributed by atoms with Crippen LogP contribution in [-0.4, -0.2) is 38.0 Å². The van der Waals surface area contributed by atoms with Crippen LogP contribution in [0.15, 0.2) is 18.2 Å². The zero-order chi connectivity index (χ0) is 14.3. The first-order valence-electron chi connectivity index (χ1n) is 6.82. The van der Waals surface area contributed by atoms with Crippen LogP contribution in [0.5, 0.6) is 5.75 Å². The molecule has 0 amide bonds. The Bertz CT molecular complexity index is 380. The van der Waals surface area contributed by atoms with Gasteiger partial charge in [-0.1, -0.05) is 26.0 Å². The Hall–Kier alpha value is -1.10. The molecule has 0 heterocycles. The number of aliphatic hydroxyl groups excluding tert-OH is 1. The molecule has 1 aromatic rings. The van der Waals surface area contributed by atoms with Crippen LogP contribution in [-0.2, 0) is 6.42 Å². The summed E-state index contributed by atoms with van der Waals surface area (Å²) in [5.41, 5.74) is 8.10. The second-order valence-electron chi connectivity index (χ2n) is 5.12. The van der Waals surface area contributed by atoms with Gasteiger partial charge in [-0.2, -0.15) is 0 Å². The van der Waals surface area contributed by atoms with Crippen LogP contribution in [0.1, 0.15) is 30.9 Å². The second kappa shape index (κ2) is 8.15. The summed E-state index contributed by atoms with van der Waals surface area (Å²) >= 11 is 0. The molecule has 4 nitrogen and oxygen atoms in total. The van der Waals surface area contributed by atoms with Crippen molar-refractivity contribution >= 4 is 0 Å². The zero-order valence-electron chi connectivity index (χ0n) is 12.1. The van der Waals surface area contributed by atoms with E-state index >= 15 is 0 Å². The molecule has 1 unspecified atom stereocenters. The smallest absolute Gasteiger partial charge is 0.122 e. The monoisotopic (exact) mass is 266 g/mol. The molecule has 0 saturated heterocycles. The lowest BCUT2D eigenvalue weighted by atomic mass is 10.00. The van der Waals surface area contributed by atoms with E-state index in [4.69, 9.17) is 15.6 Å². The first-order chi connectivity index (χ1) is 9.08. The molecular formula is C15H26N2O2. The number of nitrogens with one attached hydrogen (secondary N) is 1. The molecule has 19 heavy (non-hydrogen) atoms. The lowest BCUT2D eigenvalue weighted by Gasteiger charge is -2.14. The highest BCUT2D eigenvalue weighted by Crippen LogP contribution is 2.24. The van der Waals surface area contributed by atoms with Crippen molar-refractivity contribution in [2.45, 2.75) is 32.2 Å². The van der Waals surface area contributed by atoms with E-state index in [0.29, 0.717) is 12.5 Å². The quantitative estimate of drug-likeness (QED) is 0.620. The van der Waals surface area contributed by atoms with Crippen molar-refractivity contribution in [1.29, 1.82) is 0 Å². The third kappa shape index (κ3) is 5.19. The Kier molecular flexibility index (Phi) is 6.84. The standard InChI is InChI=1S/C15H26N2O2/c1-11(2)13-5-4-12(15(8-13)19-3)6-7-17-9-14(16)10-18/h4-5,8,11,14,17-18H,6-7,9-10,16H2,1-3H3. The average Bonchev–Trinajstić information content (AvgIpc) is 2.42. The second-order valence-corrected chi connectivity index (χ2v) is 5.12. The van der Waals surface area contributed by atoms with Gasteiger partial charge in [0, 0.05) is 12.6 Å². The van der Waals surface area contributed by atoms with Crippen molar-refractivity contribution in [3.8, 4) is 5.75 Å². The van der Waals surface area contributed by atoms with Crippen LogP contribution in [0.25, 0.3) is 0 Å². The summed E-state index contributed by atoms with van der Waals surface area (Å²) in [7, 11) is 1.71. The van der Waals surface area contributed by atoms with Crippen LogP contribution in [0, 0.1) is 0 Å². The molecule has 0 aliphatic heterocycles. The van der Waals surface area contributed by atoms with E-state index < -0.39 is 0 Å². The van der Waals surface area contributed by atoms with Crippen molar-refractivity contribution < 1.29 is 9.84 Å². The summed E-state index contributed by atoms with van der Waals surface area (Å²) in [4.78, 5) is 0. The van der Waals surface area contributed by atoms with Gasteiger partial charge in [0.15, 0.2) is 0 Å². The molecule has 0 saturated carbocycles. The van der Waals surface area contributed by atoms with Gasteiger partial charge < -0.3 is 20.9 Å². The zero-order valence-corrected chi connectivity index (χ0v) is 12.1. The fraction of sp³-hybridized carbons (Fsp3) is 0.600. The fourth-order valence-corrected chi connectivity index (χ4v) is 1.90. The normalized spacial score (nSPS) is 12.7. The molecular weight excluding hydrogens is 240 g/mol. The van der Waals surface area contributed by atoms with Crippen LogP contribution in [0.2, 0.25) is 0 Å². The maximum absolute atomic E-state index is 8.83. The summed E-state index contributed by atoms with van der Waals surface area (Å²) in [5.74, 6) is 1.45. The molecule has 4 heteroatoms. The van der Waals surface area contributed by atoms with Gasteiger partial charge in [-0.3, -0.25) is 0 Å². The molecule has 0 bridgehead atoms. The first kappa shape index (κ1) is 16.0. The molecule has 0 spiro atoms. The van der Waals surface area contributed by atoms with E-state index in [-0.39, 0.29) is 12.6 Å². The van der Waals surface area contributed by atoms with Crippen LogP contribution >= 0.6 is 0 Å². The summed E-state index contributed by atoms with van der Waals surface area (Å²) in [5, 5.41) is 12.1. The van der Waals surface area contributed by atoms with Crippen molar-refractivity contribution in [2.24, 2.45) is 5.73 Å². The maximum atomic E-state index is 8.83. The molecule has 108 valence electrons. The largest absolute Gasteiger partial charge is 0.496 e. The van der Waals surface area contributed by atoms with Crippen LogP contribution < -0.4 is 15.8 Å². The van der Waals surface area contributed by atoms with Gasteiger partial charge in [0.1, 0.15) is 5.75 Å². The molecule has 1 aromatic carbocycles. The van der Waals surface area contributed by atoms with Crippen molar-refractivity contribution in [3.05, 3.63) is 29.3 Å². The number of hydrogen-bond donors (Lipinski definition) is 3. The minimum absolute atomic E-state index is 0.0133.